The lowest BCUT2D eigenvalue weighted by Crippen LogP contribution is -2.45. The van der Waals surface area contributed by atoms with E-state index in [2.05, 4.69) is 10.6 Å². The number of amides is 1. The van der Waals surface area contributed by atoms with E-state index >= 15 is 0 Å². The van der Waals surface area contributed by atoms with Crippen molar-refractivity contribution in [1.29, 1.82) is 0 Å². The Morgan fingerprint density at radius 3 is 2.68 bits per heavy atom. The van der Waals surface area contributed by atoms with Crippen LogP contribution in [0.1, 0.15) is 23.4 Å². The number of carbonyl (C=O) groups is 1. The van der Waals surface area contributed by atoms with Gasteiger partial charge in [-0.25, -0.2) is 4.39 Å². The van der Waals surface area contributed by atoms with Crippen molar-refractivity contribution >= 4 is 18.3 Å². The van der Waals surface area contributed by atoms with Crippen molar-refractivity contribution in [2.75, 3.05) is 13.1 Å². The highest BCUT2D eigenvalue weighted by Gasteiger charge is 2.18. The summed E-state index contributed by atoms with van der Waals surface area (Å²) in [4.78, 5) is 12.1. The zero-order valence-corrected chi connectivity index (χ0v) is 12.8. The van der Waals surface area contributed by atoms with E-state index in [0.29, 0.717) is 5.76 Å². The molecule has 1 aromatic carbocycles. The minimum absolute atomic E-state index is 0. The second kappa shape index (κ2) is 7.42. The predicted molar refractivity (Wildman–Crippen MR) is 84.7 cm³/mol. The summed E-state index contributed by atoms with van der Waals surface area (Å²) in [5, 5.41) is 6.20. The standard InChI is InChI=1S/C16H17FN2O2.ClH/c17-12-5-3-11(4-6-12)14-7-8-15(21-14)16(20)19-13-2-1-9-18-10-13;/h3-8,13,18H,1-2,9-10H2,(H,19,20);1H/t13-;/m0./s1. The Morgan fingerprint density at radius 2 is 2.00 bits per heavy atom. The molecule has 2 heterocycles. The summed E-state index contributed by atoms with van der Waals surface area (Å²) in [6, 6.07) is 9.50. The minimum Gasteiger partial charge on any atom is -0.451 e. The van der Waals surface area contributed by atoms with E-state index in [4.69, 9.17) is 4.42 Å². The van der Waals surface area contributed by atoms with E-state index in [1.807, 2.05) is 0 Å². The van der Waals surface area contributed by atoms with Crippen molar-refractivity contribution in [3.63, 3.8) is 0 Å². The van der Waals surface area contributed by atoms with Gasteiger partial charge in [0.25, 0.3) is 5.91 Å². The maximum atomic E-state index is 12.9. The molecular formula is C16H18ClFN2O2. The van der Waals surface area contributed by atoms with E-state index in [1.54, 1.807) is 24.3 Å². The quantitative estimate of drug-likeness (QED) is 0.912. The Kier molecular flexibility index (Phi) is 5.57. The summed E-state index contributed by atoms with van der Waals surface area (Å²) in [6.45, 7) is 1.79. The second-order valence-electron chi connectivity index (χ2n) is 5.19. The SMILES string of the molecule is Cl.O=C(N[C@H]1CCCNC1)c1ccc(-c2ccc(F)cc2)o1. The first-order chi connectivity index (χ1) is 10.2. The first-order valence-corrected chi connectivity index (χ1v) is 7.10. The monoisotopic (exact) mass is 324 g/mol. The van der Waals surface area contributed by atoms with Crippen LogP contribution in [0, 0.1) is 5.82 Å². The number of piperidine rings is 1. The van der Waals surface area contributed by atoms with Crippen molar-refractivity contribution in [2.45, 2.75) is 18.9 Å². The van der Waals surface area contributed by atoms with Gasteiger partial charge >= 0.3 is 0 Å². The van der Waals surface area contributed by atoms with E-state index in [9.17, 15) is 9.18 Å². The summed E-state index contributed by atoms with van der Waals surface area (Å²) in [5.74, 6) is 0.326. The van der Waals surface area contributed by atoms with E-state index in [-0.39, 0.29) is 35.9 Å². The molecule has 1 amide bonds. The van der Waals surface area contributed by atoms with Crippen LogP contribution in [0.4, 0.5) is 4.39 Å². The number of hydrogen-bond acceptors (Lipinski definition) is 3. The molecule has 0 saturated carbocycles. The number of hydrogen-bond donors (Lipinski definition) is 2. The highest BCUT2D eigenvalue weighted by Crippen LogP contribution is 2.22. The average Bonchev–Trinajstić information content (AvgIpc) is 2.99. The maximum absolute atomic E-state index is 12.9. The Balaban J connectivity index is 0.00000176. The van der Waals surface area contributed by atoms with Gasteiger partial charge in [0.1, 0.15) is 11.6 Å². The molecule has 4 nitrogen and oxygen atoms in total. The fourth-order valence-corrected chi connectivity index (χ4v) is 2.46. The lowest BCUT2D eigenvalue weighted by atomic mass is 10.1. The average molecular weight is 325 g/mol. The number of halogens is 2. The smallest absolute Gasteiger partial charge is 0.287 e. The molecule has 0 unspecified atom stereocenters. The molecule has 22 heavy (non-hydrogen) atoms. The molecule has 1 atom stereocenters. The third kappa shape index (κ3) is 3.87. The molecule has 1 saturated heterocycles. The van der Waals surface area contributed by atoms with Crippen molar-refractivity contribution in [1.82, 2.24) is 10.6 Å². The van der Waals surface area contributed by atoms with Gasteiger partial charge in [-0.15, -0.1) is 12.4 Å². The van der Waals surface area contributed by atoms with Crippen LogP contribution in [0.2, 0.25) is 0 Å². The highest BCUT2D eigenvalue weighted by molar-refractivity contribution is 5.92. The van der Waals surface area contributed by atoms with Crippen molar-refractivity contribution in [2.24, 2.45) is 0 Å². The third-order valence-corrected chi connectivity index (χ3v) is 3.59. The lowest BCUT2D eigenvalue weighted by molar-refractivity contribution is 0.0903. The van der Waals surface area contributed by atoms with Gasteiger partial charge in [-0.05, 0) is 55.8 Å². The zero-order chi connectivity index (χ0) is 14.7. The van der Waals surface area contributed by atoms with Crippen LogP contribution in [0.15, 0.2) is 40.8 Å². The molecule has 0 radical (unpaired) electrons. The molecule has 118 valence electrons. The Bertz CT molecular complexity index is 621. The molecule has 0 bridgehead atoms. The fourth-order valence-electron chi connectivity index (χ4n) is 2.46. The van der Waals surface area contributed by atoms with Gasteiger partial charge in [0.05, 0.1) is 0 Å². The molecular weight excluding hydrogens is 307 g/mol. The predicted octanol–water partition coefficient (Wildman–Crippen LogP) is 2.99. The van der Waals surface area contributed by atoms with Crippen molar-refractivity contribution in [3.8, 4) is 11.3 Å². The number of nitrogens with one attached hydrogen (secondary N) is 2. The third-order valence-electron chi connectivity index (χ3n) is 3.59. The summed E-state index contributed by atoms with van der Waals surface area (Å²) >= 11 is 0. The van der Waals surface area contributed by atoms with Crippen LogP contribution < -0.4 is 10.6 Å². The molecule has 1 aliphatic heterocycles. The van der Waals surface area contributed by atoms with Gasteiger partial charge in [0.2, 0.25) is 0 Å². The first kappa shape index (κ1) is 16.5. The molecule has 0 aliphatic carbocycles. The largest absolute Gasteiger partial charge is 0.451 e. The summed E-state index contributed by atoms with van der Waals surface area (Å²) < 4.78 is 18.5. The van der Waals surface area contributed by atoms with Crippen LogP contribution in [0.3, 0.4) is 0 Å². The van der Waals surface area contributed by atoms with Crippen LogP contribution >= 0.6 is 12.4 Å². The summed E-state index contributed by atoms with van der Waals surface area (Å²) in [5.41, 5.74) is 0.745. The molecule has 1 aliphatic rings. The van der Waals surface area contributed by atoms with Gasteiger partial charge < -0.3 is 15.1 Å². The second-order valence-corrected chi connectivity index (χ2v) is 5.19. The molecule has 2 aromatic rings. The van der Waals surface area contributed by atoms with Crippen LogP contribution in [-0.4, -0.2) is 25.0 Å². The van der Waals surface area contributed by atoms with Gasteiger partial charge in [0.15, 0.2) is 5.76 Å². The summed E-state index contributed by atoms with van der Waals surface area (Å²) in [7, 11) is 0. The van der Waals surface area contributed by atoms with Gasteiger partial charge in [-0.3, -0.25) is 4.79 Å². The molecule has 6 heteroatoms. The molecule has 0 spiro atoms. The Morgan fingerprint density at radius 1 is 1.23 bits per heavy atom. The number of benzene rings is 1. The lowest BCUT2D eigenvalue weighted by Gasteiger charge is -2.23. The number of carbonyl (C=O) groups excluding carboxylic acids is 1. The van der Waals surface area contributed by atoms with Crippen LogP contribution in [0.5, 0.6) is 0 Å². The molecule has 2 N–H and O–H groups in total. The Hall–Kier alpha value is -1.85. The Labute approximate surface area is 134 Å². The maximum Gasteiger partial charge on any atom is 0.287 e. The van der Waals surface area contributed by atoms with E-state index in [1.165, 1.54) is 12.1 Å². The number of rotatable bonds is 3. The first-order valence-electron chi connectivity index (χ1n) is 7.10. The normalized spacial score (nSPS) is 17.6. The number of furan rings is 1. The molecule has 1 aromatic heterocycles. The van der Waals surface area contributed by atoms with Gasteiger partial charge in [-0.2, -0.15) is 0 Å². The van der Waals surface area contributed by atoms with E-state index in [0.717, 1.165) is 31.5 Å². The molecule has 3 rings (SSSR count). The van der Waals surface area contributed by atoms with E-state index < -0.39 is 0 Å². The summed E-state index contributed by atoms with van der Waals surface area (Å²) in [6.07, 6.45) is 2.04. The zero-order valence-electron chi connectivity index (χ0n) is 12.0. The topological polar surface area (TPSA) is 54.3 Å². The van der Waals surface area contributed by atoms with Crippen LogP contribution in [0.25, 0.3) is 11.3 Å². The minimum atomic E-state index is -0.298. The fraction of sp³-hybridized carbons (Fsp3) is 0.312. The van der Waals surface area contributed by atoms with Crippen molar-refractivity contribution < 1.29 is 13.6 Å². The van der Waals surface area contributed by atoms with Crippen LogP contribution in [-0.2, 0) is 0 Å². The highest BCUT2D eigenvalue weighted by atomic mass is 35.5. The van der Waals surface area contributed by atoms with Gasteiger partial charge in [0, 0.05) is 18.2 Å². The molecule has 1 fully saturated rings. The van der Waals surface area contributed by atoms with Gasteiger partial charge in [-0.1, -0.05) is 0 Å². The van der Waals surface area contributed by atoms with Crippen molar-refractivity contribution in [3.05, 3.63) is 48.0 Å².